The van der Waals surface area contributed by atoms with E-state index in [2.05, 4.69) is 20.3 Å². The molecule has 3 heterocycles. The molecule has 1 N–H and O–H groups in total. The fourth-order valence-corrected chi connectivity index (χ4v) is 3.46. The van der Waals surface area contributed by atoms with E-state index in [0.29, 0.717) is 5.69 Å². The van der Waals surface area contributed by atoms with Crippen molar-refractivity contribution in [3.8, 4) is 5.69 Å². The van der Waals surface area contributed by atoms with Crippen molar-refractivity contribution in [3.05, 3.63) is 77.9 Å². The Labute approximate surface area is 173 Å². The van der Waals surface area contributed by atoms with Crippen LogP contribution in [0.5, 0.6) is 0 Å². The molecule has 1 aliphatic rings. The van der Waals surface area contributed by atoms with E-state index in [4.69, 9.17) is 0 Å². The molecule has 1 fully saturated rings. The predicted molar refractivity (Wildman–Crippen MR) is 106 cm³/mol. The lowest BCUT2D eigenvalue weighted by molar-refractivity contribution is -0.141. The Kier molecular flexibility index (Phi) is 6.56. The zero-order chi connectivity index (χ0) is 19.6. The summed E-state index contributed by atoms with van der Waals surface area (Å²) in [5, 5.41) is 7.04. The minimum Gasteiger partial charge on any atom is -0.314 e. The maximum absolute atomic E-state index is 12.7. The molecule has 5 nitrogen and oxygen atoms in total. The summed E-state index contributed by atoms with van der Waals surface area (Å²) in [6.45, 7) is 3.48. The molecule has 0 bridgehead atoms. The number of halogens is 4. The topological polar surface area (TPSA) is 46.0 Å². The highest BCUT2D eigenvalue weighted by Gasteiger charge is 2.33. The third kappa shape index (κ3) is 4.95. The molecule has 0 radical (unpaired) electrons. The van der Waals surface area contributed by atoms with Crippen LogP contribution in [0.25, 0.3) is 5.69 Å². The van der Waals surface area contributed by atoms with E-state index < -0.39 is 11.9 Å². The van der Waals surface area contributed by atoms with Gasteiger partial charge in [0.1, 0.15) is 0 Å². The number of hydrogen-bond acceptors (Lipinski definition) is 4. The summed E-state index contributed by atoms with van der Waals surface area (Å²) in [6.07, 6.45) is 0.496. The first-order chi connectivity index (χ1) is 13.5. The molecule has 1 atom stereocenters. The van der Waals surface area contributed by atoms with E-state index in [1.165, 1.54) is 16.4 Å². The third-order valence-corrected chi connectivity index (χ3v) is 4.91. The van der Waals surface area contributed by atoms with Crippen molar-refractivity contribution in [1.29, 1.82) is 0 Å². The van der Waals surface area contributed by atoms with Crippen molar-refractivity contribution in [1.82, 2.24) is 25.0 Å². The van der Waals surface area contributed by atoms with E-state index in [0.717, 1.165) is 37.8 Å². The first-order valence-electron chi connectivity index (χ1n) is 9.07. The molecule has 154 valence electrons. The number of rotatable bonds is 4. The summed E-state index contributed by atoms with van der Waals surface area (Å²) in [4.78, 5) is 6.49. The van der Waals surface area contributed by atoms with Crippen LogP contribution >= 0.6 is 12.4 Å². The molecule has 0 spiro atoms. The molecule has 2 aromatic heterocycles. The van der Waals surface area contributed by atoms with Crippen molar-refractivity contribution in [2.75, 3.05) is 19.6 Å². The molecule has 29 heavy (non-hydrogen) atoms. The number of benzene rings is 1. The van der Waals surface area contributed by atoms with Crippen molar-refractivity contribution < 1.29 is 13.2 Å². The average Bonchev–Trinajstić information content (AvgIpc) is 3.21. The fraction of sp³-hybridized carbons (Fsp3) is 0.300. The maximum Gasteiger partial charge on any atom is 0.435 e. The monoisotopic (exact) mass is 423 g/mol. The summed E-state index contributed by atoms with van der Waals surface area (Å²) >= 11 is 0. The second-order valence-corrected chi connectivity index (χ2v) is 6.78. The standard InChI is InChI=1S/C20H20F3N5.ClH/c21-20(22,23)19-7-11-28(26-19)17-3-1-15(2-4-17)14-27-12-10-25-13-18(27)16-5-8-24-9-6-16;/h1-9,11,18,25H,10,12-14H2;1H. The normalized spacial score (nSPS) is 17.7. The predicted octanol–water partition coefficient (Wildman–Crippen LogP) is 3.85. The van der Waals surface area contributed by atoms with Crippen LogP contribution < -0.4 is 5.32 Å². The van der Waals surface area contributed by atoms with Gasteiger partial charge in [0.2, 0.25) is 0 Å². The summed E-state index contributed by atoms with van der Waals surface area (Å²) in [5.41, 5.74) is 2.03. The quantitative estimate of drug-likeness (QED) is 0.692. The highest BCUT2D eigenvalue weighted by molar-refractivity contribution is 5.85. The Morgan fingerprint density at radius 3 is 2.41 bits per heavy atom. The van der Waals surface area contributed by atoms with Crippen molar-refractivity contribution in [3.63, 3.8) is 0 Å². The van der Waals surface area contributed by atoms with Crippen LogP contribution in [-0.4, -0.2) is 39.3 Å². The van der Waals surface area contributed by atoms with Gasteiger partial charge in [-0.1, -0.05) is 12.1 Å². The molecule has 1 aromatic carbocycles. The van der Waals surface area contributed by atoms with Gasteiger partial charge in [-0.25, -0.2) is 4.68 Å². The van der Waals surface area contributed by atoms with Crippen molar-refractivity contribution in [2.45, 2.75) is 18.8 Å². The van der Waals surface area contributed by atoms with E-state index in [9.17, 15) is 13.2 Å². The molecular weight excluding hydrogens is 403 g/mol. The van der Waals surface area contributed by atoms with Gasteiger partial charge in [-0.3, -0.25) is 9.88 Å². The minimum atomic E-state index is -4.44. The van der Waals surface area contributed by atoms with E-state index in [-0.39, 0.29) is 18.4 Å². The largest absolute Gasteiger partial charge is 0.435 e. The van der Waals surface area contributed by atoms with Gasteiger partial charge in [-0.05, 0) is 41.5 Å². The molecular formula is C20H21ClF3N5. The van der Waals surface area contributed by atoms with Crippen LogP contribution in [0.2, 0.25) is 0 Å². The molecule has 3 aromatic rings. The molecule has 0 amide bonds. The smallest absolute Gasteiger partial charge is 0.314 e. The number of nitrogens with one attached hydrogen (secondary N) is 1. The Bertz CT molecular complexity index is 912. The van der Waals surface area contributed by atoms with Crippen LogP contribution in [0, 0.1) is 0 Å². The third-order valence-electron chi connectivity index (χ3n) is 4.91. The van der Waals surface area contributed by atoms with Crippen molar-refractivity contribution >= 4 is 12.4 Å². The Balaban J connectivity index is 0.00000240. The van der Waals surface area contributed by atoms with Gasteiger partial charge in [0.25, 0.3) is 0 Å². The second kappa shape index (κ2) is 8.94. The molecule has 1 unspecified atom stereocenters. The number of nitrogens with zero attached hydrogens (tertiary/aromatic N) is 4. The van der Waals surface area contributed by atoms with Gasteiger partial charge in [0, 0.05) is 50.8 Å². The maximum atomic E-state index is 12.7. The molecule has 0 aliphatic carbocycles. The van der Waals surface area contributed by atoms with Crippen LogP contribution in [-0.2, 0) is 12.7 Å². The summed E-state index contributed by atoms with van der Waals surface area (Å²) < 4.78 is 39.4. The average molecular weight is 424 g/mol. The van der Waals surface area contributed by atoms with E-state index >= 15 is 0 Å². The Morgan fingerprint density at radius 2 is 1.76 bits per heavy atom. The van der Waals surface area contributed by atoms with Crippen LogP contribution in [0.15, 0.2) is 61.1 Å². The van der Waals surface area contributed by atoms with Gasteiger partial charge in [0.05, 0.1) is 5.69 Å². The van der Waals surface area contributed by atoms with E-state index in [1.807, 2.05) is 24.3 Å². The van der Waals surface area contributed by atoms with Crippen molar-refractivity contribution in [2.24, 2.45) is 0 Å². The molecule has 0 saturated carbocycles. The second-order valence-electron chi connectivity index (χ2n) is 6.78. The molecule has 1 saturated heterocycles. The van der Waals surface area contributed by atoms with Gasteiger partial charge >= 0.3 is 6.18 Å². The highest BCUT2D eigenvalue weighted by Crippen LogP contribution is 2.28. The lowest BCUT2D eigenvalue weighted by Crippen LogP contribution is -2.45. The fourth-order valence-electron chi connectivity index (χ4n) is 3.46. The molecule has 4 rings (SSSR count). The first kappa shape index (κ1) is 21.3. The number of alkyl halides is 3. The number of piperazine rings is 1. The lowest BCUT2D eigenvalue weighted by Gasteiger charge is -2.36. The van der Waals surface area contributed by atoms with E-state index in [1.54, 1.807) is 24.5 Å². The number of aromatic nitrogens is 3. The summed E-state index contributed by atoms with van der Waals surface area (Å²) in [5.74, 6) is 0. The summed E-state index contributed by atoms with van der Waals surface area (Å²) in [7, 11) is 0. The lowest BCUT2D eigenvalue weighted by atomic mass is 10.0. The minimum absolute atomic E-state index is 0. The molecule has 1 aliphatic heterocycles. The summed E-state index contributed by atoms with van der Waals surface area (Å²) in [6, 6.07) is 12.8. The first-order valence-corrected chi connectivity index (χ1v) is 9.07. The Morgan fingerprint density at radius 1 is 1.03 bits per heavy atom. The zero-order valence-corrected chi connectivity index (χ0v) is 16.3. The highest BCUT2D eigenvalue weighted by atomic mass is 35.5. The zero-order valence-electron chi connectivity index (χ0n) is 15.5. The Hall–Kier alpha value is -2.42. The molecule has 9 heteroatoms. The number of hydrogen-bond donors (Lipinski definition) is 1. The van der Waals surface area contributed by atoms with Crippen LogP contribution in [0.1, 0.15) is 22.9 Å². The van der Waals surface area contributed by atoms with Gasteiger partial charge in [-0.15, -0.1) is 12.4 Å². The number of pyridine rings is 1. The van der Waals surface area contributed by atoms with Crippen LogP contribution in [0.3, 0.4) is 0 Å². The van der Waals surface area contributed by atoms with Gasteiger partial charge < -0.3 is 5.32 Å². The van der Waals surface area contributed by atoms with Crippen LogP contribution in [0.4, 0.5) is 13.2 Å². The SMILES string of the molecule is Cl.FC(F)(F)c1ccn(-c2ccc(CN3CCNCC3c3ccncc3)cc2)n1. The van der Waals surface area contributed by atoms with Gasteiger partial charge in [0.15, 0.2) is 5.69 Å². The van der Waals surface area contributed by atoms with Gasteiger partial charge in [-0.2, -0.15) is 18.3 Å².